The number of carbonyl (C=O) groups is 2. The lowest BCUT2D eigenvalue weighted by Gasteiger charge is -2.47. The number of nitrogens with one attached hydrogen (secondary N) is 2. The molecule has 13 heteroatoms. The van der Waals surface area contributed by atoms with Crippen LogP contribution in [0.1, 0.15) is 80.2 Å². The van der Waals surface area contributed by atoms with Crippen LogP contribution < -0.4 is 20.3 Å². The third-order valence-electron chi connectivity index (χ3n) is 12.0. The summed E-state index contributed by atoms with van der Waals surface area (Å²) in [6.45, 7) is 9.69. The highest BCUT2D eigenvalue weighted by Gasteiger charge is 2.40. The minimum Gasteiger partial charge on any atom is -0.506 e. The van der Waals surface area contributed by atoms with Gasteiger partial charge in [0, 0.05) is 70.2 Å². The Morgan fingerprint density at radius 1 is 1.09 bits per heavy atom. The van der Waals surface area contributed by atoms with Gasteiger partial charge in [-0.25, -0.2) is 4.98 Å². The van der Waals surface area contributed by atoms with E-state index < -0.39 is 6.10 Å². The van der Waals surface area contributed by atoms with Gasteiger partial charge in [0.05, 0.1) is 37.9 Å². The second-order valence-corrected chi connectivity index (χ2v) is 16.0. The molecule has 13 nitrogen and oxygen atoms in total. The van der Waals surface area contributed by atoms with E-state index in [9.17, 15) is 19.8 Å². The number of aliphatic hydroxyl groups is 1. The van der Waals surface area contributed by atoms with E-state index in [4.69, 9.17) is 14.2 Å². The Morgan fingerprint density at radius 2 is 1.91 bits per heavy atom. The zero-order chi connectivity index (χ0) is 39.6. The molecule has 2 saturated heterocycles. The van der Waals surface area contributed by atoms with Crippen molar-refractivity contribution in [1.29, 1.82) is 0 Å². The second-order valence-electron chi connectivity index (χ2n) is 16.0. The van der Waals surface area contributed by atoms with E-state index in [0.29, 0.717) is 38.3 Å². The molecule has 1 atom stereocenters. The quantitative estimate of drug-likeness (QED) is 0.113. The number of aromatic nitrogens is 1. The SMILES string of the molecule is CCc1ccnc(N2CCOC3(CCN(Cc4cccc(CCOCCC(=O)N(CCNC[C@H](O)c5ccc(O)c6c5OCC(=O)N6)C5CCCC5)c4)CC3)C2)c1. The van der Waals surface area contributed by atoms with Crippen LogP contribution in [0.15, 0.2) is 54.7 Å². The molecule has 57 heavy (non-hydrogen) atoms. The van der Waals surface area contributed by atoms with Crippen molar-refractivity contribution >= 4 is 23.3 Å². The van der Waals surface area contributed by atoms with Crippen molar-refractivity contribution < 1.29 is 34.0 Å². The van der Waals surface area contributed by atoms with Gasteiger partial charge in [0.25, 0.3) is 5.91 Å². The van der Waals surface area contributed by atoms with E-state index in [2.05, 4.69) is 68.7 Å². The zero-order valence-electron chi connectivity index (χ0n) is 33.4. The molecule has 4 N–H and O–H groups in total. The number of aliphatic hydroxyl groups excluding tert-OH is 1. The van der Waals surface area contributed by atoms with Crippen LogP contribution >= 0.6 is 0 Å². The topological polar surface area (TPSA) is 149 Å². The summed E-state index contributed by atoms with van der Waals surface area (Å²) in [5.41, 5.74) is 4.41. The fourth-order valence-electron chi connectivity index (χ4n) is 8.77. The summed E-state index contributed by atoms with van der Waals surface area (Å²) in [4.78, 5) is 36.8. The lowest BCUT2D eigenvalue weighted by Crippen LogP contribution is -2.57. The van der Waals surface area contributed by atoms with E-state index in [-0.39, 0.29) is 53.8 Å². The van der Waals surface area contributed by atoms with Crippen LogP contribution in [-0.4, -0.2) is 121 Å². The van der Waals surface area contributed by atoms with Crippen molar-refractivity contribution in [1.82, 2.24) is 20.1 Å². The summed E-state index contributed by atoms with van der Waals surface area (Å²) >= 11 is 0. The van der Waals surface area contributed by atoms with Gasteiger partial charge >= 0.3 is 0 Å². The van der Waals surface area contributed by atoms with Gasteiger partial charge in [-0.3, -0.25) is 14.5 Å². The van der Waals surface area contributed by atoms with Crippen LogP contribution in [0.3, 0.4) is 0 Å². The number of benzene rings is 2. The van der Waals surface area contributed by atoms with Gasteiger partial charge in [-0.05, 0) is 79.5 Å². The van der Waals surface area contributed by atoms with Crippen molar-refractivity contribution in [3.05, 3.63) is 77.0 Å². The summed E-state index contributed by atoms with van der Waals surface area (Å²) in [6.07, 6.45) is 9.43. The Hall–Kier alpha value is -4.27. The normalized spacial score (nSPS) is 18.9. The van der Waals surface area contributed by atoms with Crippen molar-refractivity contribution in [2.45, 2.75) is 89.0 Å². The van der Waals surface area contributed by atoms with E-state index in [0.717, 1.165) is 96.5 Å². The summed E-state index contributed by atoms with van der Waals surface area (Å²) < 4.78 is 18.0. The average molecular weight is 785 g/mol. The van der Waals surface area contributed by atoms with Crippen LogP contribution in [-0.2, 0) is 38.4 Å². The maximum Gasteiger partial charge on any atom is 0.262 e. The zero-order valence-corrected chi connectivity index (χ0v) is 33.4. The molecule has 0 bridgehead atoms. The number of carbonyl (C=O) groups excluding carboxylic acids is 2. The van der Waals surface area contributed by atoms with Gasteiger partial charge in [-0.1, -0.05) is 44.0 Å². The number of piperidine rings is 1. The lowest BCUT2D eigenvalue weighted by molar-refractivity contribution is -0.134. The number of aromatic hydroxyl groups is 1. The van der Waals surface area contributed by atoms with E-state index in [1.807, 2.05) is 11.1 Å². The number of fused-ring (bicyclic) bond motifs is 1. The highest BCUT2D eigenvalue weighted by Crippen LogP contribution is 2.41. The molecule has 7 rings (SSSR count). The predicted octanol–water partition coefficient (Wildman–Crippen LogP) is 4.60. The molecule has 1 saturated carbocycles. The Bertz CT molecular complexity index is 1810. The number of likely N-dealkylation sites (tertiary alicyclic amines) is 1. The number of phenolic OH excluding ortho intramolecular Hbond substituents is 1. The van der Waals surface area contributed by atoms with Gasteiger partial charge in [0.15, 0.2) is 12.4 Å². The molecule has 4 heterocycles. The number of anilines is 2. The first-order valence-corrected chi connectivity index (χ1v) is 21.0. The van der Waals surface area contributed by atoms with Crippen LogP contribution in [0.25, 0.3) is 0 Å². The number of nitrogens with zero attached hydrogens (tertiary/aromatic N) is 4. The molecule has 3 aliphatic heterocycles. The Labute approximate surface area is 336 Å². The maximum absolute atomic E-state index is 13.4. The number of phenols is 1. The number of ether oxygens (including phenoxy) is 3. The van der Waals surface area contributed by atoms with Crippen molar-refractivity contribution in [3.63, 3.8) is 0 Å². The highest BCUT2D eigenvalue weighted by molar-refractivity contribution is 5.97. The number of pyridine rings is 1. The van der Waals surface area contributed by atoms with Crippen LogP contribution in [0, 0.1) is 0 Å². The summed E-state index contributed by atoms with van der Waals surface area (Å²) in [5, 5.41) is 26.9. The fraction of sp³-hybridized carbons (Fsp3) is 0.568. The van der Waals surface area contributed by atoms with Crippen molar-refractivity contribution in [3.8, 4) is 11.5 Å². The first-order valence-electron chi connectivity index (χ1n) is 21.0. The van der Waals surface area contributed by atoms with Gasteiger partial charge in [0.1, 0.15) is 17.3 Å². The number of rotatable bonds is 17. The predicted molar refractivity (Wildman–Crippen MR) is 219 cm³/mol. The number of hydrogen-bond donors (Lipinski definition) is 4. The minimum absolute atomic E-state index is 0.0972. The van der Waals surface area contributed by atoms with E-state index >= 15 is 0 Å². The Kier molecular flexibility index (Phi) is 14.0. The third-order valence-corrected chi connectivity index (χ3v) is 12.0. The first-order chi connectivity index (χ1) is 27.8. The smallest absolute Gasteiger partial charge is 0.262 e. The average Bonchev–Trinajstić information content (AvgIpc) is 3.77. The first kappa shape index (κ1) is 40.9. The van der Waals surface area contributed by atoms with Gasteiger partial charge < -0.3 is 44.9 Å². The number of morpholine rings is 1. The second kappa shape index (κ2) is 19.5. The van der Waals surface area contributed by atoms with Crippen molar-refractivity contribution in [2.24, 2.45) is 0 Å². The summed E-state index contributed by atoms with van der Waals surface area (Å²) in [6, 6.07) is 16.4. The van der Waals surface area contributed by atoms with Gasteiger partial charge in [-0.2, -0.15) is 0 Å². The monoisotopic (exact) mass is 784 g/mol. The minimum atomic E-state index is -0.924. The summed E-state index contributed by atoms with van der Waals surface area (Å²) in [5.74, 6) is 0.972. The molecule has 0 unspecified atom stereocenters. The molecule has 1 spiro atoms. The molecular weight excluding hydrogens is 725 g/mol. The molecule has 2 aromatic carbocycles. The molecule has 3 aromatic rings. The highest BCUT2D eigenvalue weighted by atomic mass is 16.5. The lowest BCUT2D eigenvalue weighted by atomic mass is 9.89. The summed E-state index contributed by atoms with van der Waals surface area (Å²) in [7, 11) is 0. The van der Waals surface area contributed by atoms with E-state index in [1.165, 1.54) is 22.8 Å². The number of amides is 2. The Balaban J connectivity index is 0.813. The maximum atomic E-state index is 13.4. The number of hydrogen-bond acceptors (Lipinski definition) is 11. The molecular formula is C44H60N6O7. The molecule has 1 aliphatic carbocycles. The molecule has 308 valence electrons. The molecule has 0 radical (unpaired) electrons. The van der Waals surface area contributed by atoms with Crippen LogP contribution in [0.4, 0.5) is 11.5 Å². The fourth-order valence-corrected chi connectivity index (χ4v) is 8.77. The molecule has 3 fully saturated rings. The third kappa shape index (κ3) is 10.6. The molecule has 1 aromatic heterocycles. The van der Waals surface area contributed by atoms with Crippen LogP contribution in [0.5, 0.6) is 11.5 Å². The largest absolute Gasteiger partial charge is 0.506 e. The van der Waals surface area contributed by atoms with E-state index in [1.54, 1.807) is 6.07 Å². The van der Waals surface area contributed by atoms with Crippen LogP contribution in [0.2, 0.25) is 0 Å². The Morgan fingerprint density at radius 3 is 2.74 bits per heavy atom. The molecule has 4 aliphatic rings. The standard InChI is InChI=1S/C44H60N6O7/c1-2-32-12-17-46-39(27-32)49-22-25-57-44(31-49)15-19-48(20-16-44)29-34-7-5-6-33(26-34)13-23-55-24-14-41(54)50(35-8-3-4-9-35)21-18-45-28-38(52)36-10-11-37(51)42-43(36)56-30-40(53)47-42/h5-7,10-12,17,26-27,35,38,45,51-52H,2-4,8-9,13-16,18-25,28-31H2,1H3,(H,47,53)/t38-/m0/s1. The number of aryl methyl sites for hydroxylation is 1. The van der Waals surface area contributed by atoms with Gasteiger partial charge in [-0.15, -0.1) is 0 Å². The van der Waals surface area contributed by atoms with Crippen molar-refractivity contribution in [2.75, 3.05) is 82.5 Å². The van der Waals surface area contributed by atoms with Gasteiger partial charge in [0.2, 0.25) is 5.91 Å². The molecule has 2 amide bonds.